The lowest BCUT2D eigenvalue weighted by atomic mass is 10.1. The van der Waals surface area contributed by atoms with Crippen LogP contribution in [0.3, 0.4) is 0 Å². The summed E-state index contributed by atoms with van der Waals surface area (Å²) in [6, 6.07) is 1.54. The van der Waals surface area contributed by atoms with E-state index in [-0.39, 0.29) is 11.7 Å². The van der Waals surface area contributed by atoms with Gasteiger partial charge in [-0.05, 0) is 28.8 Å². The highest BCUT2D eigenvalue weighted by molar-refractivity contribution is 9.10. The zero-order valence-corrected chi connectivity index (χ0v) is 12.8. The SMILES string of the molecule is CCOCC(Nc1ncc([N+](=O)[O-])cc1Br)C(C)C. The Morgan fingerprint density at radius 2 is 2.26 bits per heavy atom. The lowest BCUT2D eigenvalue weighted by Gasteiger charge is -2.23. The van der Waals surface area contributed by atoms with Crippen LogP contribution in [0, 0.1) is 16.0 Å². The first kappa shape index (κ1) is 15.8. The third-order valence-electron chi connectivity index (χ3n) is 2.67. The van der Waals surface area contributed by atoms with Crippen molar-refractivity contribution in [1.29, 1.82) is 0 Å². The Morgan fingerprint density at radius 1 is 1.58 bits per heavy atom. The van der Waals surface area contributed by atoms with E-state index < -0.39 is 4.92 Å². The summed E-state index contributed by atoms with van der Waals surface area (Å²) in [5.74, 6) is 0.944. The van der Waals surface area contributed by atoms with Crippen LogP contribution in [0.5, 0.6) is 0 Å². The molecule has 106 valence electrons. The van der Waals surface area contributed by atoms with Crippen molar-refractivity contribution in [3.05, 3.63) is 26.9 Å². The third-order valence-corrected chi connectivity index (χ3v) is 3.27. The number of pyridine rings is 1. The summed E-state index contributed by atoms with van der Waals surface area (Å²) in [7, 11) is 0. The molecule has 0 saturated heterocycles. The van der Waals surface area contributed by atoms with Crippen molar-refractivity contribution >= 4 is 27.4 Å². The average Bonchev–Trinajstić information content (AvgIpc) is 2.35. The van der Waals surface area contributed by atoms with Crippen molar-refractivity contribution in [3.8, 4) is 0 Å². The number of anilines is 1. The number of nitrogens with zero attached hydrogens (tertiary/aromatic N) is 2. The zero-order chi connectivity index (χ0) is 14.4. The first-order valence-corrected chi connectivity index (χ1v) is 6.89. The van der Waals surface area contributed by atoms with Gasteiger partial charge in [-0.25, -0.2) is 4.98 Å². The highest BCUT2D eigenvalue weighted by atomic mass is 79.9. The predicted octanol–water partition coefficient (Wildman–Crippen LogP) is 3.23. The molecule has 6 nitrogen and oxygen atoms in total. The van der Waals surface area contributed by atoms with Crippen molar-refractivity contribution in [2.24, 2.45) is 5.92 Å². The molecule has 1 atom stereocenters. The second kappa shape index (κ2) is 7.40. The van der Waals surface area contributed by atoms with Gasteiger partial charge in [0.2, 0.25) is 0 Å². The summed E-state index contributed by atoms with van der Waals surface area (Å²) < 4.78 is 5.99. The molecule has 0 bridgehead atoms. The van der Waals surface area contributed by atoms with E-state index >= 15 is 0 Å². The molecule has 0 fully saturated rings. The predicted molar refractivity (Wildman–Crippen MR) is 77.3 cm³/mol. The van der Waals surface area contributed by atoms with Crippen molar-refractivity contribution < 1.29 is 9.66 Å². The van der Waals surface area contributed by atoms with E-state index in [4.69, 9.17) is 4.74 Å². The number of nitrogens with one attached hydrogen (secondary N) is 1. The van der Waals surface area contributed by atoms with E-state index in [0.717, 1.165) is 0 Å². The molecule has 0 aliphatic rings. The van der Waals surface area contributed by atoms with E-state index in [1.165, 1.54) is 12.3 Å². The van der Waals surface area contributed by atoms with Crippen LogP contribution in [0.1, 0.15) is 20.8 Å². The van der Waals surface area contributed by atoms with Gasteiger partial charge in [0.05, 0.1) is 22.0 Å². The largest absolute Gasteiger partial charge is 0.380 e. The molecule has 1 rings (SSSR count). The molecular formula is C12H18BrN3O3. The molecule has 7 heteroatoms. The van der Waals surface area contributed by atoms with Gasteiger partial charge in [-0.1, -0.05) is 13.8 Å². The van der Waals surface area contributed by atoms with Gasteiger partial charge in [-0.15, -0.1) is 0 Å². The Labute approximate surface area is 120 Å². The third kappa shape index (κ3) is 4.76. The number of ether oxygens (including phenoxy) is 1. The van der Waals surface area contributed by atoms with Crippen LogP contribution in [0.15, 0.2) is 16.7 Å². The van der Waals surface area contributed by atoms with Crippen LogP contribution in [-0.2, 0) is 4.74 Å². The van der Waals surface area contributed by atoms with Gasteiger partial charge in [-0.2, -0.15) is 0 Å². The molecule has 1 heterocycles. The van der Waals surface area contributed by atoms with Crippen LogP contribution in [0.25, 0.3) is 0 Å². The van der Waals surface area contributed by atoms with Crippen LogP contribution in [-0.4, -0.2) is 29.2 Å². The maximum Gasteiger partial charge on any atom is 0.288 e. The van der Waals surface area contributed by atoms with Crippen molar-refractivity contribution in [3.63, 3.8) is 0 Å². The molecule has 1 aromatic rings. The second-order valence-corrected chi connectivity index (χ2v) is 5.29. The Kier molecular flexibility index (Phi) is 6.17. The fourth-order valence-corrected chi connectivity index (χ4v) is 1.91. The van der Waals surface area contributed by atoms with Crippen molar-refractivity contribution in [1.82, 2.24) is 4.98 Å². The number of rotatable bonds is 7. The van der Waals surface area contributed by atoms with Crippen molar-refractivity contribution in [2.45, 2.75) is 26.8 Å². The van der Waals surface area contributed by atoms with Crippen molar-refractivity contribution in [2.75, 3.05) is 18.5 Å². The number of hydrogen-bond acceptors (Lipinski definition) is 5. The van der Waals surface area contributed by atoms with E-state index in [9.17, 15) is 10.1 Å². The number of aromatic nitrogens is 1. The number of halogens is 1. The molecule has 0 aliphatic heterocycles. The average molecular weight is 332 g/mol. The normalized spacial score (nSPS) is 12.5. The molecule has 0 aromatic carbocycles. The Balaban J connectivity index is 2.81. The molecule has 0 spiro atoms. The summed E-state index contributed by atoms with van der Waals surface area (Å²) in [6.07, 6.45) is 1.24. The molecule has 0 amide bonds. The zero-order valence-electron chi connectivity index (χ0n) is 11.2. The summed E-state index contributed by atoms with van der Waals surface area (Å²) in [4.78, 5) is 14.2. The van der Waals surface area contributed by atoms with Gasteiger partial charge >= 0.3 is 0 Å². The summed E-state index contributed by atoms with van der Waals surface area (Å²) >= 11 is 3.29. The van der Waals surface area contributed by atoms with E-state index in [1.807, 2.05) is 6.92 Å². The number of hydrogen-bond donors (Lipinski definition) is 1. The highest BCUT2D eigenvalue weighted by Gasteiger charge is 2.17. The quantitative estimate of drug-likeness (QED) is 0.613. The maximum absolute atomic E-state index is 10.6. The highest BCUT2D eigenvalue weighted by Crippen LogP contribution is 2.25. The molecule has 0 aliphatic carbocycles. The summed E-state index contributed by atoms with van der Waals surface area (Å²) in [5.41, 5.74) is -0.0386. The van der Waals surface area contributed by atoms with Gasteiger partial charge < -0.3 is 10.1 Å². The summed E-state index contributed by atoms with van der Waals surface area (Å²) in [6.45, 7) is 7.32. The second-order valence-electron chi connectivity index (χ2n) is 4.44. The molecule has 0 saturated carbocycles. The molecular weight excluding hydrogens is 314 g/mol. The van der Waals surface area contributed by atoms with Gasteiger partial charge in [0.15, 0.2) is 0 Å². The van der Waals surface area contributed by atoms with Gasteiger partial charge in [0.1, 0.15) is 12.0 Å². The topological polar surface area (TPSA) is 77.3 Å². The van der Waals surface area contributed by atoms with E-state index in [2.05, 4.69) is 40.1 Å². The molecule has 1 unspecified atom stereocenters. The Morgan fingerprint density at radius 3 is 2.74 bits per heavy atom. The standard InChI is InChI=1S/C12H18BrN3O3/c1-4-19-7-11(8(2)3)15-12-10(13)5-9(6-14-12)16(17)18/h5-6,8,11H,4,7H2,1-3H3,(H,14,15). The first-order chi connectivity index (χ1) is 8.95. The van der Waals surface area contributed by atoms with Crippen LogP contribution in [0.2, 0.25) is 0 Å². The van der Waals surface area contributed by atoms with Gasteiger partial charge in [-0.3, -0.25) is 10.1 Å². The van der Waals surface area contributed by atoms with E-state index in [0.29, 0.717) is 29.4 Å². The van der Waals surface area contributed by atoms with Crippen LogP contribution < -0.4 is 5.32 Å². The molecule has 1 N–H and O–H groups in total. The molecule has 19 heavy (non-hydrogen) atoms. The van der Waals surface area contributed by atoms with Crippen LogP contribution in [0.4, 0.5) is 11.5 Å². The Hall–Kier alpha value is -1.21. The smallest absolute Gasteiger partial charge is 0.288 e. The summed E-state index contributed by atoms with van der Waals surface area (Å²) in [5, 5.41) is 13.9. The minimum absolute atomic E-state index is 0.0386. The van der Waals surface area contributed by atoms with E-state index in [1.54, 1.807) is 0 Å². The first-order valence-electron chi connectivity index (χ1n) is 6.09. The van der Waals surface area contributed by atoms with Gasteiger partial charge in [0.25, 0.3) is 5.69 Å². The van der Waals surface area contributed by atoms with Gasteiger partial charge in [0, 0.05) is 12.7 Å². The molecule has 0 radical (unpaired) electrons. The minimum Gasteiger partial charge on any atom is -0.380 e. The lowest BCUT2D eigenvalue weighted by Crippen LogP contribution is -2.31. The minimum atomic E-state index is -0.471. The fraction of sp³-hybridized carbons (Fsp3) is 0.583. The number of nitro groups is 1. The maximum atomic E-state index is 10.6. The monoisotopic (exact) mass is 331 g/mol. The Bertz CT molecular complexity index is 440. The molecule has 1 aromatic heterocycles. The van der Waals surface area contributed by atoms with Crippen LogP contribution >= 0.6 is 15.9 Å². The lowest BCUT2D eigenvalue weighted by molar-refractivity contribution is -0.385. The fourth-order valence-electron chi connectivity index (χ4n) is 1.46.